The summed E-state index contributed by atoms with van der Waals surface area (Å²) in [6.45, 7) is 24.8. The molecular weight excluding hydrogens is 705 g/mol. The van der Waals surface area contributed by atoms with Gasteiger partial charge in [0.05, 0.1) is 0 Å². The predicted octanol–water partition coefficient (Wildman–Crippen LogP) is 11.4. The van der Waals surface area contributed by atoms with E-state index in [2.05, 4.69) is 109 Å². The van der Waals surface area contributed by atoms with Crippen LogP contribution in [0.1, 0.15) is 112 Å². The quantitative estimate of drug-likeness (QED) is 0.0264. The molecule has 0 radical (unpaired) electrons. The van der Waals surface area contributed by atoms with E-state index >= 15 is 0 Å². The number of carbonyl (C=O) groups excluding carboxylic acids is 2. The van der Waals surface area contributed by atoms with Gasteiger partial charge in [-0.05, 0) is 68.2 Å². The van der Waals surface area contributed by atoms with Crippen molar-refractivity contribution in [2.45, 2.75) is 149 Å². The summed E-state index contributed by atoms with van der Waals surface area (Å²) in [5, 5.41) is 0.00333. The Morgan fingerprint density at radius 3 is 2.15 bits per heavy atom. The average Bonchev–Trinajstić information content (AvgIpc) is 2.95. The van der Waals surface area contributed by atoms with Crippen molar-refractivity contribution in [3.8, 4) is 0 Å². The Morgan fingerprint density at radius 1 is 0.957 bits per heavy atom. The number of hydrogen-bond donors (Lipinski definition) is 1. The first-order chi connectivity index (χ1) is 21.6. The molecule has 0 saturated carbocycles. The Balaban J connectivity index is 5.34. The Kier molecular flexibility index (Phi) is 23.3. The number of esters is 1. The van der Waals surface area contributed by atoms with Gasteiger partial charge in [0.25, 0.3) is 0 Å². The van der Waals surface area contributed by atoms with Crippen molar-refractivity contribution >= 4 is 43.0 Å². The summed E-state index contributed by atoms with van der Waals surface area (Å²) in [6.07, 6.45) is 22.1. The van der Waals surface area contributed by atoms with E-state index in [4.69, 9.17) is 19.6 Å². The van der Waals surface area contributed by atoms with E-state index in [9.17, 15) is 9.59 Å². The summed E-state index contributed by atoms with van der Waals surface area (Å²) >= 11 is 2.21. The molecule has 46 heavy (non-hydrogen) atoms. The third-order valence-electron chi connectivity index (χ3n) is 8.52. The Hall–Kier alpha value is -1.91. The van der Waals surface area contributed by atoms with Crippen molar-refractivity contribution in [2.75, 3.05) is 0 Å². The summed E-state index contributed by atoms with van der Waals surface area (Å²) in [6, 6.07) is 0. The van der Waals surface area contributed by atoms with Crippen LogP contribution in [0.3, 0.4) is 0 Å². The van der Waals surface area contributed by atoms with Crippen LogP contribution in [0.2, 0.25) is 18.1 Å². The fourth-order valence-electron chi connectivity index (χ4n) is 4.71. The Morgan fingerprint density at radius 2 is 1.59 bits per heavy atom. The monoisotopic (exact) mass is 769 g/mol. The smallest absolute Gasteiger partial charge is 0.404 e. The van der Waals surface area contributed by atoms with Gasteiger partial charge >= 0.3 is 12.1 Å². The molecule has 6 nitrogen and oxygen atoms in total. The number of primary amides is 1. The lowest BCUT2D eigenvalue weighted by Gasteiger charge is -2.40. The average molecular weight is 770 g/mol. The highest BCUT2D eigenvalue weighted by molar-refractivity contribution is 14.1. The SMILES string of the molecule is C=CCCCCCCCCC(=O)O[C@H](C/C(C)=C/C=C/CC[C@H](OC(N)=O)[C@H](C=C)O[Si](C)(C)C(C)(C)C)[C@H](C)/C=C(C)/C=C/I. The normalized spacial score (nSPS) is 15.8. The lowest BCUT2D eigenvalue weighted by molar-refractivity contribution is -0.150. The number of carbonyl (C=O) groups is 2. The molecule has 0 spiro atoms. The lowest BCUT2D eigenvalue weighted by Crippen LogP contribution is -2.47. The molecule has 0 aliphatic heterocycles. The number of ether oxygens (including phenoxy) is 2. The fourth-order valence-corrected chi connectivity index (χ4v) is 6.56. The second kappa shape index (κ2) is 24.3. The molecule has 8 heteroatoms. The van der Waals surface area contributed by atoms with Crippen LogP contribution >= 0.6 is 22.6 Å². The molecule has 0 aliphatic carbocycles. The van der Waals surface area contributed by atoms with Crippen molar-refractivity contribution in [3.05, 3.63) is 70.9 Å². The van der Waals surface area contributed by atoms with Gasteiger partial charge in [0.15, 0.2) is 8.32 Å². The first-order valence-electron chi connectivity index (χ1n) is 16.9. The maximum absolute atomic E-state index is 12.8. The molecule has 0 unspecified atom stereocenters. The zero-order chi connectivity index (χ0) is 35.2. The van der Waals surface area contributed by atoms with Gasteiger partial charge < -0.3 is 19.6 Å². The maximum Gasteiger partial charge on any atom is 0.404 e. The van der Waals surface area contributed by atoms with Gasteiger partial charge in [0.1, 0.15) is 18.3 Å². The minimum atomic E-state index is -2.12. The van der Waals surface area contributed by atoms with Crippen LogP contribution in [0.15, 0.2) is 70.9 Å². The van der Waals surface area contributed by atoms with Gasteiger partial charge in [0.2, 0.25) is 0 Å². The van der Waals surface area contributed by atoms with E-state index in [1.165, 1.54) is 19.3 Å². The van der Waals surface area contributed by atoms with Crippen LogP contribution < -0.4 is 5.73 Å². The molecule has 0 fully saturated rings. The van der Waals surface area contributed by atoms with E-state index in [1.807, 2.05) is 22.3 Å². The van der Waals surface area contributed by atoms with Gasteiger partial charge in [-0.25, -0.2) is 4.79 Å². The number of amides is 1. The van der Waals surface area contributed by atoms with Crippen molar-refractivity contribution in [1.82, 2.24) is 0 Å². The second-order valence-electron chi connectivity index (χ2n) is 13.8. The molecular formula is C38H64INO5Si. The summed E-state index contributed by atoms with van der Waals surface area (Å²) in [5.41, 5.74) is 7.66. The molecule has 0 bridgehead atoms. The molecule has 0 heterocycles. The fraction of sp³-hybridized carbons (Fsp3) is 0.632. The van der Waals surface area contributed by atoms with Crippen LogP contribution in [0.25, 0.3) is 0 Å². The third-order valence-corrected chi connectivity index (χ3v) is 13.4. The summed E-state index contributed by atoms with van der Waals surface area (Å²) in [5.74, 6) is -0.0586. The molecule has 0 saturated heterocycles. The Bertz CT molecular complexity index is 1040. The van der Waals surface area contributed by atoms with Gasteiger partial charge in [-0.1, -0.05) is 130 Å². The van der Waals surface area contributed by atoms with E-state index in [0.717, 1.165) is 36.8 Å². The topological polar surface area (TPSA) is 87.9 Å². The molecule has 262 valence electrons. The minimum Gasteiger partial charge on any atom is -0.461 e. The largest absolute Gasteiger partial charge is 0.461 e. The number of allylic oxidation sites excluding steroid dienone is 6. The highest BCUT2D eigenvalue weighted by atomic mass is 127. The molecule has 1 amide bonds. The van der Waals surface area contributed by atoms with E-state index in [1.54, 1.807) is 6.08 Å². The molecule has 0 aromatic carbocycles. The number of unbranched alkanes of at least 4 members (excludes halogenated alkanes) is 6. The van der Waals surface area contributed by atoms with Crippen LogP contribution in [0.5, 0.6) is 0 Å². The summed E-state index contributed by atoms with van der Waals surface area (Å²) in [7, 11) is -2.12. The molecule has 0 aliphatic rings. The molecule has 0 rings (SSSR count). The van der Waals surface area contributed by atoms with Crippen LogP contribution in [0.4, 0.5) is 4.79 Å². The standard InChI is InChI=1S/C38H64INO5Si/c1-11-13-14-15-16-17-18-22-25-36(41)43-35(32(5)28-31(4)26-27-39)29-30(3)23-20-19-21-24-34(44-37(40)42)33(12-2)45-46(9,10)38(6,7)8/h11-12,19-20,23,26-28,32-35H,1-2,13-18,21-22,24-25,29H2,3-10H3,(H2,40,42)/b20-19+,27-26+,30-23+,31-28+/t32-,33+,34+,35-/m1/s1. The van der Waals surface area contributed by atoms with Crippen LogP contribution in [-0.2, 0) is 18.7 Å². The first kappa shape index (κ1) is 44.1. The van der Waals surface area contributed by atoms with E-state index in [-0.39, 0.29) is 23.0 Å². The second-order valence-corrected chi connectivity index (χ2v) is 19.3. The molecule has 0 aromatic heterocycles. The van der Waals surface area contributed by atoms with E-state index in [0.29, 0.717) is 25.7 Å². The third kappa shape index (κ3) is 20.4. The van der Waals surface area contributed by atoms with Gasteiger partial charge in [-0.15, -0.1) is 13.2 Å². The van der Waals surface area contributed by atoms with Crippen molar-refractivity contribution in [1.29, 1.82) is 0 Å². The number of rotatable bonds is 24. The Labute approximate surface area is 296 Å². The van der Waals surface area contributed by atoms with E-state index < -0.39 is 26.6 Å². The zero-order valence-corrected chi connectivity index (χ0v) is 33.3. The highest BCUT2D eigenvalue weighted by Gasteiger charge is 2.40. The summed E-state index contributed by atoms with van der Waals surface area (Å²) in [4.78, 5) is 24.5. The maximum atomic E-state index is 12.8. The number of nitrogens with two attached hydrogens (primary N) is 1. The molecule has 4 atom stereocenters. The highest BCUT2D eigenvalue weighted by Crippen LogP contribution is 2.38. The number of halogens is 1. The zero-order valence-electron chi connectivity index (χ0n) is 30.1. The summed E-state index contributed by atoms with van der Waals surface area (Å²) < 4.78 is 20.0. The van der Waals surface area contributed by atoms with Gasteiger partial charge in [-0.3, -0.25) is 4.79 Å². The van der Waals surface area contributed by atoms with Crippen LogP contribution in [-0.4, -0.2) is 38.7 Å². The van der Waals surface area contributed by atoms with Crippen molar-refractivity contribution in [3.63, 3.8) is 0 Å². The van der Waals surface area contributed by atoms with Crippen LogP contribution in [0, 0.1) is 5.92 Å². The first-order valence-corrected chi connectivity index (χ1v) is 21.1. The lowest BCUT2D eigenvalue weighted by atomic mass is 9.95. The van der Waals surface area contributed by atoms with Crippen molar-refractivity contribution < 1.29 is 23.5 Å². The van der Waals surface area contributed by atoms with Gasteiger partial charge in [-0.2, -0.15) is 0 Å². The van der Waals surface area contributed by atoms with Crippen molar-refractivity contribution in [2.24, 2.45) is 11.7 Å². The molecule has 0 aromatic rings. The number of hydrogen-bond acceptors (Lipinski definition) is 5. The predicted molar refractivity (Wildman–Crippen MR) is 207 cm³/mol. The molecule has 2 N–H and O–H groups in total. The van der Waals surface area contributed by atoms with Gasteiger partial charge in [0, 0.05) is 18.8 Å². The minimum absolute atomic E-state index is 0.00333.